The summed E-state index contributed by atoms with van der Waals surface area (Å²) in [6.07, 6.45) is 4.89. The summed E-state index contributed by atoms with van der Waals surface area (Å²) in [6.45, 7) is 0. The molecule has 2 N–H and O–H groups in total. The number of halogens is 1. The smallest absolute Gasteiger partial charge is 0.354 e. The van der Waals surface area contributed by atoms with Crippen LogP contribution in [0, 0.1) is 0 Å². The lowest BCUT2D eigenvalue weighted by Gasteiger charge is -2.21. The van der Waals surface area contributed by atoms with Crippen LogP contribution in [0.5, 0.6) is 0 Å². The Bertz CT molecular complexity index is 775. The third-order valence-electron chi connectivity index (χ3n) is 4.71. The van der Waals surface area contributed by atoms with Crippen LogP contribution in [-0.4, -0.2) is 16.1 Å². The second-order valence-corrected chi connectivity index (χ2v) is 6.43. The molecular formula is C17H15ClN2O2. The first-order valence-corrected chi connectivity index (χ1v) is 7.80. The third kappa shape index (κ3) is 2.06. The SMILES string of the molecule is O=C(O)c1ncc(Nc2cccc(Cl)c2)c2c1C1CCC2C1. The van der Waals surface area contributed by atoms with Crippen molar-refractivity contribution in [1.29, 1.82) is 0 Å². The van der Waals surface area contributed by atoms with Crippen molar-refractivity contribution in [3.63, 3.8) is 0 Å². The van der Waals surface area contributed by atoms with Crippen LogP contribution in [0.25, 0.3) is 0 Å². The topological polar surface area (TPSA) is 62.2 Å². The Labute approximate surface area is 133 Å². The van der Waals surface area contributed by atoms with Gasteiger partial charge in [-0.05, 0) is 60.4 Å². The van der Waals surface area contributed by atoms with Crippen molar-refractivity contribution >= 4 is 28.9 Å². The van der Waals surface area contributed by atoms with Crippen molar-refractivity contribution in [2.75, 3.05) is 5.32 Å². The summed E-state index contributed by atoms with van der Waals surface area (Å²) in [7, 11) is 0. The molecule has 2 atom stereocenters. The number of carboxylic acids is 1. The summed E-state index contributed by atoms with van der Waals surface area (Å²) in [5.74, 6) is -0.138. The highest BCUT2D eigenvalue weighted by Crippen LogP contribution is 2.56. The van der Waals surface area contributed by atoms with Crippen molar-refractivity contribution in [1.82, 2.24) is 4.98 Å². The normalized spacial score (nSPS) is 21.7. The highest BCUT2D eigenvalue weighted by molar-refractivity contribution is 6.30. The standard InChI is InChI=1S/C17H15ClN2O2/c18-11-2-1-3-12(7-11)20-13-8-19-16(17(21)22)15-10-5-4-9(6-10)14(13)15/h1-3,7-10,20H,4-6H2,(H,21,22). The Morgan fingerprint density at radius 1 is 1.27 bits per heavy atom. The van der Waals surface area contributed by atoms with E-state index in [-0.39, 0.29) is 5.69 Å². The molecule has 0 aliphatic heterocycles. The van der Waals surface area contributed by atoms with Gasteiger partial charge in [0.25, 0.3) is 0 Å². The van der Waals surface area contributed by atoms with Crippen LogP contribution >= 0.6 is 11.6 Å². The zero-order valence-electron chi connectivity index (χ0n) is 11.8. The van der Waals surface area contributed by atoms with Crippen LogP contribution in [0.3, 0.4) is 0 Å². The molecule has 4 rings (SSSR count). The molecule has 1 saturated carbocycles. The number of rotatable bonds is 3. The quantitative estimate of drug-likeness (QED) is 0.873. The Morgan fingerprint density at radius 2 is 2.05 bits per heavy atom. The molecule has 2 aliphatic rings. The number of nitrogens with zero attached hydrogens (tertiary/aromatic N) is 1. The number of aromatic nitrogens is 1. The minimum Gasteiger partial charge on any atom is -0.477 e. The number of hydrogen-bond acceptors (Lipinski definition) is 3. The Hall–Kier alpha value is -2.07. The van der Waals surface area contributed by atoms with Gasteiger partial charge in [0.1, 0.15) is 0 Å². The van der Waals surface area contributed by atoms with E-state index in [1.807, 2.05) is 24.3 Å². The van der Waals surface area contributed by atoms with Crippen molar-refractivity contribution in [2.24, 2.45) is 0 Å². The van der Waals surface area contributed by atoms with Crippen LogP contribution < -0.4 is 5.32 Å². The zero-order chi connectivity index (χ0) is 15.3. The lowest BCUT2D eigenvalue weighted by Crippen LogP contribution is -2.12. The van der Waals surface area contributed by atoms with E-state index < -0.39 is 5.97 Å². The third-order valence-corrected chi connectivity index (χ3v) is 4.95. The molecule has 1 aromatic heterocycles. The Morgan fingerprint density at radius 3 is 2.77 bits per heavy atom. The van der Waals surface area contributed by atoms with Crippen LogP contribution in [0.1, 0.15) is 52.7 Å². The molecule has 0 amide bonds. The fourth-order valence-corrected chi connectivity index (χ4v) is 4.08. The number of pyridine rings is 1. The monoisotopic (exact) mass is 314 g/mol. The van der Waals surface area contributed by atoms with Gasteiger partial charge in [-0.25, -0.2) is 9.78 Å². The van der Waals surface area contributed by atoms with E-state index in [1.165, 1.54) is 0 Å². The predicted molar refractivity (Wildman–Crippen MR) is 85.3 cm³/mol. The number of aromatic carboxylic acids is 1. The molecule has 0 saturated heterocycles. The Balaban J connectivity index is 1.80. The van der Waals surface area contributed by atoms with Gasteiger partial charge in [0.05, 0.1) is 11.9 Å². The lowest BCUT2D eigenvalue weighted by atomic mass is 9.89. The number of carbonyl (C=O) groups is 1. The van der Waals surface area contributed by atoms with Gasteiger partial charge in [-0.3, -0.25) is 0 Å². The molecule has 2 unspecified atom stereocenters. The lowest BCUT2D eigenvalue weighted by molar-refractivity contribution is 0.0688. The molecule has 2 bridgehead atoms. The van der Waals surface area contributed by atoms with Gasteiger partial charge in [0.15, 0.2) is 5.69 Å². The van der Waals surface area contributed by atoms with E-state index in [9.17, 15) is 9.90 Å². The Kier molecular flexibility index (Phi) is 3.08. The fourth-order valence-electron chi connectivity index (χ4n) is 3.89. The second kappa shape index (κ2) is 4.99. The van der Waals surface area contributed by atoms with Crippen LogP contribution in [0.15, 0.2) is 30.5 Å². The minimum absolute atomic E-state index is 0.221. The van der Waals surface area contributed by atoms with E-state index in [1.54, 1.807) is 6.20 Å². The van der Waals surface area contributed by atoms with Gasteiger partial charge in [0.2, 0.25) is 0 Å². The molecular weight excluding hydrogens is 300 g/mol. The average molecular weight is 315 g/mol. The molecule has 0 spiro atoms. The van der Waals surface area contributed by atoms with E-state index in [0.29, 0.717) is 16.9 Å². The summed E-state index contributed by atoms with van der Waals surface area (Å²) >= 11 is 6.02. The molecule has 1 aromatic carbocycles. The molecule has 4 nitrogen and oxygen atoms in total. The molecule has 1 heterocycles. The summed E-state index contributed by atoms with van der Waals surface area (Å²) < 4.78 is 0. The van der Waals surface area contributed by atoms with Crippen LogP contribution in [-0.2, 0) is 0 Å². The molecule has 2 aliphatic carbocycles. The van der Waals surface area contributed by atoms with Gasteiger partial charge in [-0.2, -0.15) is 0 Å². The summed E-state index contributed by atoms with van der Waals surface area (Å²) in [4.78, 5) is 15.6. The minimum atomic E-state index is -0.932. The summed E-state index contributed by atoms with van der Waals surface area (Å²) in [5, 5.41) is 13.4. The van der Waals surface area contributed by atoms with Crippen molar-refractivity contribution in [3.05, 3.63) is 52.3 Å². The fraction of sp³-hybridized carbons (Fsp3) is 0.294. The second-order valence-electron chi connectivity index (χ2n) is 6.00. The maximum Gasteiger partial charge on any atom is 0.354 e. The van der Waals surface area contributed by atoms with Crippen LogP contribution in [0.4, 0.5) is 11.4 Å². The predicted octanol–water partition coefficient (Wildman–Crippen LogP) is 4.54. The zero-order valence-corrected chi connectivity index (χ0v) is 12.6. The van der Waals surface area contributed by atoms with E-state index in [4.69, 9.17) is 11.6 Å². The average Bonchev–Trinajstić information content (AvgIpc) is 3.09. The maximum atomic E-state index is 11.5. The summed E-state index contributed by atoms with van der Waals surface area (Å²) in [6, 6.07) is 7.50. The molecule has 5 heteroatoms. The van der Waals surface area contributed by atoms with Crippen LogP contribution in [0.2, 0.25) is 5.02 Å². The number of hydrogen-bond donors (Lipinski definition) is 2. The van der Waals surface area contributed by atoms with E-state index in [0.717, 1.165) is 41.8 Å². The highest BCUT2D eigenvalue weighted by atomic mass is 35.5. The van der Waals surface area contributed by atoms with Crippen molar-refractivity contribution < 1.29 is 9.90 Å². The molecule has 112 valence electrons. The first-order valence-electron chi connectivity index (χ1n) is 7.42. The van der Waals surface area contributed by atoms with E-state index >= 15 is 0 Å². The molecule has 0 radical (unpaired) electrons. The van der Waals surface area contributed by atoms with E-state index in [2.05, 4.69) is 10.3 Å². The van der Waals surface area contributed by atoms with Gasteiger partial charge in [-0.15, -0.1) is 0 Å². The molecule has 1 fully saturated rings. The number of benzene rings is 1. The van der Waals surface area contributed by atoms with Gasteiger partial charge in [-0.1, -0.05) is 17.7 Å². The number of anilines is 2. The molecule has 22 heavy (non-hydrogen) atoms. The number of carboxylic acid groups (broad SMARTS) is 1. The summed E-state index contributed by atoms with van der Waals surface area (Å²) in [5.41, 5.74) is 4.11. The first kappa shape index (κ1) is 13.6. The van der Waals surface area contributed by atoms with Gasteiger partial charge >= 0.3 is 5.97 Å². The maximum absolute atomic E-state index is 11.5. The first-order chi connectivity index (χ1) is 10.6. The molecule has 2 aromatic rings. The van der Waals surface area contributed by atoms with Gasteiger partial charge in [0, 0.05) is 10.7 Å². The number of fused-ring (bicyclic) bond motifs is 5. The van der Waals surface area contributed by atoms with Gasteiger partial charge < -0.3 is 10.4 Å². The van der Waals surface area contributed by atoms with Crippen molar-refractivity contribution in [3.8, 4) is 0 Å². The number of nitrogens with one attached hydrogen (secondary N) is 1. The highest BCUT2D eigenvalue weighted by Gasteiger charge is 2.41. The van der Waals surface area contributed by atoms with Crippen molar-refractivity contribution in [2.45, 2.75) is 31.1 Å². The largest absolute Gasteiger partial charge is 0.477 e.